The second-order valence-electron chi connectivity index (χ2n) is 11.5. The summed E-state index contributed by atoms with van der Waals surface area (Å²) in [5.41, 5.74) is 2.37. The van der Waals surface area contributed by atoms with Gasteiger partial charge < -0.3 is 25.6 Å². The Morgan fingerprint density at radius 3 is 2.51 bits per heavy atom. The van der Waals surface area contributed by atoms with E-state index in [9.17, 15) is 32.3 Å². The molecule has 10 nitrogen and oxygen atoms in total. The highest BCUT2D eigenvalue weighted by atomic mass is 35.5. The minimum absolute atomic E-state index is 0.0235. The molecule has 0 unspecified atom stereocenters. The van der Waals surface area contributed by atoms with E-state index in [1.807, 2.05) is 0 Å². The number of nitrogens with zero attached hydrogens (tertiary/aromatic N) is 3. The van der Waals surface area contributed by atoms with Gasteiger partial charge in [0.2, 0.25) is 5.91 Å². The van der Waals surface area contributed by atoms with Gasteiger partial charge in [0.1, 0.15) is 52.0 Å². The molecule has 3 heterocycles. The molecule has 0 spiro atoms. The number of alkyl halides is 2. The van der Waals surface area contributed by atoms with Crippen LogP contribution in [0, 0.1) is 11.6 Å². The number of hydrogen-bond donors (Lipinski definition) is 3. The summed E-state index contributed by atoms with van der Waals surface area (Å²) >= 11 is 12.6. The number of hydrogen-bond acceptors (Lipinski definition) is 7. The summed E-state index contributed by atoms with van der Waals surface area (Å²) in [6, 6.07) is 11.0. The van der Waals surface area contributed by atoms with Gasteiger partial charge in [0.25, 0.3) is 5.91 Å². The largest absolute Gasteiger partial charge is 0.494 e. The van der Waals surface area contributed by atoms with E-state index >= 15 is 0 Å². The third-order valence-corrected chi connectivity index (χ3v) is 9.29. The van der Waals surface area contributed by atoms with E-state index in [0.29, 0.717) is 4.68 Å². The Balaban J connectivity index is 1.49. The number of methoxy groups -OCH3 is 1. The first-order chi connectivity index (χ1) is 23.2. The second kappa shape index (κ2) is 12.5. The van der Waals surface area contributed by atoms with E-state index in [0.717, 1.165) is 24.4 Å². The number of amides is 2. The van der Waals surface area contributed by atoms with Crippen LogP contribution in [-0.4, -0.2) is 51.9 Å². The van der Waals surface area contributed by atoms with Gasteiger partial charge in [0.05, 0.1) is 29.4 Å². The first-order valence-corrected chi connectivity index (χ1v) is 15.2. The fourth-order valence-corrected chi connectivity index (χ4v) is 5.98. The average Bonchev–Trinajstić information content (AvgIpc) is 3.68. The molecule has 1 aliphatic rings. The quantitative estimate of drug-likeness (QED) is 0.128. The van der Waals surface area contributed by atoms with Gasteiger partial charge in [-0.3, -0.25) is 9.59 Å². The van der Waals surface area contributed by atoms with E-state index in [1.165, 1.54) is 50.4 Å². The molecule has 0 aliphatic carbocycles. The molecule has 16 heteroatoms. The Morgan fingerprint density at radius 2 is 1.86 bits per heavy atom. The highest BCUT2D eigenvalue weighted by Crippen LogP contribution is 2.48. The van der Waals surface area contributed by atoms with Crippen LogP contribution in [0.2, 0.25) is 10.0 Å². The summed E-state index contributed by atoms with van der Waals surface area (Å²) in [6.07, 6.45) is 1.05. The number of fused-ring (bicyclic) bond motifs is 2. The Hall–Kier alpha value is -4.92. The number of pyridine rings is 1. The Bertz CT molecular complexity index is 2150. The van der Waals surface area contributed by atoms with E-state index in [2.05, 4.69) is 15.4 Å². The zero-order chi connectivity index (χ0) is 35.4. The highest BCUT2D eigenvalue weighted by Gasteiger charge is 2.46. The van der Waals surface area contributed by atoms with Crippen molar-refractivity contribution in [3.8, 4) is 22.8 Å². The number of carbonyl (C=O) groups excluding carboxylic acids is 2. The lowest BCUT2D eigenvalue weighted by atomic mass is 9.80. The molecule has 4 N–H and O–H groups in total. The number of aromatic nitrogens is 3. The van der Waals surface area contributed by atoms with Gasteiger partial charge in [0, 0.05) is 28.3 Å². The van der Waals surface area contributed by atoms with Crippen molar-refractivity contribution in [3.05, 3.63) is 105 Å². The molecule has 0 radical (unpaired) electrons. The predicted molar refractivity (Wildman–Crippen MR) is 171 cm³/mol. The van der Waals surface area contributed by atoms with Gasteiger partial charge in [-0.25, -0.2) is 18.4 Å². The molecule has 49 heavy (non-hydrogen) atoms. The van der Waals surface area contributed by atoms with Gasteiger partial charge in [-0.05, 0) is 55.0 Å². The summed E-state index contributed by atoms with van der Waals surface area (Å²) in [4.78, 5) is 30.9. The Morgan fingerprint density at radius 1 is 1.14 bits per heavy atom. The number of nitrogens with two attached hydrogens (primary N) is 1. The smallest absolute Gasteiger partial charge is 0.333 e. The first-order valence-electron chi connectivity index (χ1n) is 14.4. The highest BCUT2D eigenvalue weighted by molar-refractivity contribution is 6.43. The van der Waals surface area contributed by atoms with Crippen LogP contribution >= 0.6 is 23.2 Å². The van der Waals surface area contributed by atoms with Crippen LogP contribution < -0.4 is 20.5 Å². The lowest BCUT2D eigenvalue weighted by Crippen LogP contribution is -2.43. The summed E-state index contributed by atoms with van der Waals surface area (Å²) in [5, 5.41) is 18.4. The number of benzene rings is 3. The molecule has 1 aliphatic heterocycles. The van der Waals surface area contributed by atoms with Crippen molar-refractivity contribution in [2.75, 3.05) is 20.3 Å². The van der Waals surface area contributed by atoms with Crippen molar-refractivity contribution in [1.29, 1.82) is 0 Å². The van der Waals surface area contributed by atoms with Gasteiger partial charge in [0.15, 0.2) is 0 Å². The van der Waals surface area contributed by atoms with Crippen LogP contribution in [0.5, 0.6) is 11.5 Å². The standard InChI is InChI=1S/C33H25Cl2F4N5O5/c1-32(30(40)46)14-49-28-20(32)11-23(42-27(28)19-7-8-21(37)25(35)24(19)34)33(47,17-3-5-18(36)6-4-17)13-41-29(45)15-9-16-12-44(31(38)39)43-26(16)22(10-15)48-2/h3-12,31,47H,13-14H2,1-2H3,(H2,40,46)(H,41,45)/t32-,33+/m0/s1. The Labute approximate surface area is 285 Å². The average molecular weight is 718 g/mol. The maximum absolute atomic E-state index is 14.3. The van der Waals surface area contributed by atoms with E-state index < -0.39 is 52.6 Å². The Kier molecular flexibility index (Phi) is 8.67. The van der Waals surface area contributed by atoms with Gasteiger partial charge in [-0.2, -0.15) is 13.9 Å². The first kappa shape index (κ1) is 34.0. The number of carbonyl (C=O) groups is 2. The van der Waals surface area contributed by atoms with Crippen LogP contribution in [0.25, 0.3) is 22.2 Å². The fraction of sp³-hybridized carbons (Fsp3) is 0.212. The number of rotatable bonds is 9. The maximum Gasteiger partial charge on any atom is 0.333 e. The van der Waals surface area contributed by atoms with Gasteiger partial charge in [-0.1, -0.05) is 35.3 Å². The molecule has 3 aromatic carbocycles. The molecule has 2 atom stereocenters. The molecule has 0 saturated carbocycles. The van der Waals surface area contributed by atoms with Crippen LogP contribution in [-0.2, 0) is 15.8 Å². The number of aliphatic hydroxyl groups is 1. The number of primary amides is 1. The minimum atomic E-state index is -2.94. The monoisotopic (exact) mass is 717 g/mol. The minimum Gasteiger partial charge on any atom is -0.494 e. The summed E-state index contributed by atoms with van der Waals surface area (Å²) in [5.74, 6) is -2.84. The van der Waals surface area contributed by atoms with E-state index in [4.69, 9.17) is 38.4 Å². The lowest BCUT2D eigenvalue weighted by Gasteiger charge is -2.30. The molecule has 254 valence electrons. The van der Waals surface area contributed by atoms with Crippen molar-refractivity contribution in [1.82, 2.24) is 20.1 Å². The van der Waals surface area contributed by atoms with Crippen molar-refractivity contribution < 1.29 is 41.7 Å². The zero-order valence-corrected chi connectivity index (χ0v) is 27.0. The molecule has 2 amide bonds. The number of nitrogens with one attached hydrogen (secondary N) is 1. The fourth-order valence-electron chi connectivity index (χ4n) is 5.58. The van der Waals surface area contributed by atoms with Crippen LogP contribution in [0.4, 0.5) is 17.6 Å². The van der Waals surface area contributed by atoms with E-state index in [-0.39, 0.29) is 67.7 Å². The molecule has 0 fully saturated rings. The summed E-state index contributed by atoms with van der Waals surface area (Å²) in [7, 11) is 1.28. The molecule has 0 saturated heterocycles. The van der Waals surface area contributed by atoms with Gasteiger partial charge >= 0.3 is 6.55 Å². The van der Waals surface area contributed by atoms with Crippen LogP contribution in [0.1, 0.15) is 40.7 Å². The van der Waals surface area contributed by atoms with Crippen molar-refractivity contribution in [2.45, 2.75) is 24.5 Å². The lowest BCUT2D eigenvalue weighted by molar-refractivity contribution is -0.123. The molecule has 2 aromatic heterocycles. The van der Waals surface area contributed by atoms with Crippen molar-refractivity contribution in [3.63, 3.8) is 0 Å². The topological polar surface area (TPSA) is 142 Å². The third kappa shape index (κ3) is 5.79. The van der Waals surface area contributed by atoms with Crippen molar-refractivity contribution >= 4 is 45.9 Å². The van der Waals surface area contributed by atoms with Crippen LogP contribution in [0.3, 0.4) is 0 Å². The van der Waals surface area contributed by atoms with E-state index in [1.54, 1.807) is 0 Å². The molecule has 5 aromatic rings. The maximum atomic E-state index is 14.3. The summed E-state index contributed by atoms with van der Waals surface area (Å²) < 4.78 is 66.6. The summed E-state index contributed by atoms with van der Waals surface area (Å²) in [6.45, 7) is -2.22. The van der Waals surface area contributed by atoms with Crippen molar-refractivity contribution in [2.24, 2.45) is 5.73 Å². The van der Waals surface area contributed by atoms with Gasteiger partial charge in [-0.15, -0.1) is 0 Å². The second-order valence-corrected chi connectivity index (χ2v) is 12.2. The predicted octanol–water partition coefficient (Wildman–Crippen LogP) is 5.89. The molecule has 0 bridgehead atoms. The van der Waals surface area contributed by atoms with Crippen LogP contribution in [0.15, 0.2) is 60.8 Å². The normalized spacial score (nSPS) is 16.7. The number of halogens is 6. The molecular weight excluding hydrogens is 693 g/mol. The molecular formula is C33H25Cl2F4N5O5. The SMILES string of the molecule is COc1cc(C(=O)NC[C@@](O)(c2ccc(F)cc2)c2cc3c(c(-c4ccc(F)c(Cl)c4Cl)n2)OC[C@]3(C)C(N)=O)cc2cn(C(F)F)nc12. The number of ether oxygens (including phenoxy) is 2. The third-order valence-electron chi connectivity index (χ3n) is 8.43. The molecule has 6 rings (SSSR count). The zero-order valence-electron chi connectivity index (χ0n) is 25.5.